The zero-order chi connectivity index (χ0) is 12.6. The molecular formula is C14H19BrN2OS. The van der Waals surface area contributed by atoms with Crippen LogP contribution in [-0.4, -0.2) is 21.9 Å². The number of hydrogen-bond donors (Lipinski definition) is 0. The first kappa shape index (κ1) is 16.1. The number of para-hydroxylation sites is 1. The number of thioether (sulfide) groups is 1. The van der Waals surface area contributed by atoms with Crippen LogP contribution in [0.1, 0.15) is 12.8 Å². The Morgan fingerprint density at radius 2 is 2.00 bits per heavy atom. The second kappa shape index (κ2) is 9.04. The van der Waals surface area contributed by atoms with E-state index < -0.39 is 0 Å². The van der Waals surface area contributed by atoms with Crippen molar-refractivity contribution in [2.24, 2.45) is 7.05 Å². The Kier molecular flexibility index (Phi) is 7.67. The highest BCUT2D eigenvalue weighted by Crippen LogP contribution is 2.16. The first-order chi connectivity index (χ1) is 8.86. The molecule has 0 aliphatic rings. The summed E-state index contributed by atoms with van der Waals surface area (Å²) in [7, 11) is 2.02. The zero-order valence-electron chi connectivity index (χ0n) is 11.0. The molecule has 19 heavy (non-hydrogen) atoms. The quantitative estimate of drug-likeness (QED) is 0.563. The fourth-order valence-electron chi connectivity index (χ4n) is 1.57. The summed E-state index contributed by atoms with van der Waals surface area (Å²) in [5, 5.41) is 1.08. The number of aromatic nitrogens is 2. The molecule has 1 aromatic heterocycles. The van der Waals surface area contributed by atoms with Gasteiger partial charge in [0.1, 0.15) is 5.75 Å². The molecule has 0 aliphatic heterocycles. The third kappa shape index (κ3) is 5.70. The van der Waals surface area contributed by atoms with E-state index in [0.29, 0.717) is 0 Å². The number of aryl methyl sites for hydroxylation is 1. The fourth-order valence-corrected chi connectivity index (χ4v) is 2.50. The third-order valence-electron chi connectivity index (χ3n) is 2.56. The van der Waals surface area contributed by atoms with Gasteiger partial charge in [-0.25, -0.2) is 4.98 Å². The average molecular weight is 343 g/mol. The van der Waals surface area contributed by atoms with Gasteiger partial charge in [0.15, 0.2) is 5.16 Å². The first-order valence-electron chi connectivity index (χ1n) is 6.14. The minimum absolute atomic E-state index is 0. The van der Waals surface area contributed by atoms with Gasteiger partial charge in [-0.05, 0) is 25.0 Å². The smallest absolute Gasteiger partial charge is 0.167 e. The lowest BCUT2D eigenvalue weighted by atomic mass is 10.3. The van der Waals surface area contributed by atoms with Crippen molar-refractivity contribution >= 4 is 28.7 Å². The summed E-state index contributed by atoms with van der Waals surface area (Å²) >= 11 is 1.80. The summed E-state index contributed by atoms with van der Waals surface area (Å²) in [6.45, 7) is 0.783. The van der Waals surface area contributed by atoms with Crippen LogP contribution in [0.25, 0.3) is 0 Å². The van der Waals surface area contributed by atoms with Crippen molar-refractivity contribution in [3.8, 4) is 5.75 Å². The topological polar surface area (TPSA) is 27.1 Å². The van der Waals surface area contributed by atoms with Crippen LogP contribution in [-0.2, 0) is 7.05 Å². The number of halogens is 1. The SMILES string of the molecule is Br.Cn1ccnc1SCCCCOc1ccccc1. The van der Waals surface area contributed by atoms with Gasteiger partial charge in [-0.3, -0.25) is 0 Å². The monoisotopic (exact) mass is 342 g/mol. The van der Waals surface area contributed by atoms with E-state index in [0.717, 1.165) is 36.1 Å². The van der Waals surface area contributed by atoms with Crippen LogP contribution in [0.2, 0.25) is 0 Å². The van der Waals surface area contributed by atoms with Crippen LogP contribution in [0.15, 0.2) is 47.9 Å². The molecule has 5 heteroatoms. The van der Waals surface area contributed by atoms with E-state index in [4.69, 9.17) is 4.74 Å². The minimum Gasteiger partial charge on any atom is -0.494 e. The summed E-state index contributed by atoms with van der Waals surface area (Å²) < 4.78 is 7.68. The van der Waals surface area contributed by atoms with E-state index >= 15 is 0 Å². The molecule has 0 aliphatic carbocycles. The molecule has 0 N–H and O–H groups in total. The second-order valence-corrected chi connectivity index (χ2v) is 5.10. The molecular weight excluding hydrogens is 324 g/mol. The van der Waals surface area contributed by atoms with E-state index in [-0.39, 0.29) is 17.0 Å². The first-order valence-corrected chi connectivity index (χ1v) is 7.13. The average Bonchev–Trinajstić information content (AvgIpc) is 2.81. The molecule has 2 rings (SSSR count). The number of ether oxygens (including phenoxy) is 1. The number of rotatable bonds is 7. The Labute approximate surface area is 129 Å². The molecule has 0 bridgehead atoms. The molecule has 0 saturated carbocycles. The lowest BCUT2D eigenvalue weighted by Crippen LogP contribution is -1.98. The van der Waals surface area contributed by atoms with Gasteiger partial charge >= 0.3 is 0 Å². The molecule has 0 amide bonds. The Balaban J connectivity index is 0.00000180. The number of imidazole rings is 1. The lowest BCUT2D eigenvalue weighted by Gasteiger charge is -2.05. The van der Waals surface area contributed by atoms with Crippen molar-refractivity contribution in [2.75, 3.05) is 12.4 Å². The molecule has 0 unspecified atom stereocenters. The van der Waals surface area contributed by atoms with Crippen molar-refractivity contribution in [3.63, 3.8) is 0 Å². The van der Waals surface area contributed by atoms with Crippen molar-refractivity contribution < 1.29 is 4.74 Å². The molecule has 0 radical (unpaired) electrons. The standard InChI is InChI=1S/C14H18N2OS.BrH/c1-16-10-9-15-14(16)18-12-6-5-11-17-13-7-3-2-4-8-13;/h2-4,7-10H,5-6,11-12H2,1H3;1H. The van der Waals surface area contributed by atoms with Gasteiger partial charge in [-0.2, -0.15) is 0 Å². The predicted octanol–water partition coefficient (Wildman–Crippen LogP) is 3.95. The lowest BCUT2D eigenvalue weighted by molar-refractivity contribution is 0.310. The van der Waals surface area contributed by atoms with E-state index in [2.05, 4.69) is 4.98 Å². The highest BCUT2D eigenvalue weighted by Gasteiger charge is 1.99. The summed E-state index contributed by atoms with van der Waals surface area (Å²) in [6, 6.07) is 9.96. The highest BCUT2D eigenvalue weighted by molar-refractivity contribution is 8.93. The van der Waals surface area contributed by atoms with E-state index in [1.54, 1.807) is 11.8 Å². The Morgan fingerprint density at radius 3 is 2.68 bits per heavy atom. The molecule has 0 saturated heterocycles. The maximum atomic E-state index is 5.64. The van der Waals surface area contributed by atoms with Crippen molar-refractivity contribution in [2.45, 2.75) is 18.0 Å². The Bertz CT molecular complexity index is 461. The highest BCUT2D eigenvalue weighted by atomic mass is 79.9. The second-order valence-electron chi connectivity index (χ2n) is 4.04. The summed E-state index contributed by atoms with van der Waals surface area (Å²) in [5.74, 6) is 2.04. The molecule has 0 spiro atoms. The molecule has 3 nitrogen and oxygen atoms in total. The molecule has 104 valence electrons. The van der Waals surface area contributed by atoms with Gasteiger partial charge in [0.05, 0.1) is 6.61 Å². The summed E-state index contributed by atoms with van der Waals surface area (Å²) in [5.41, 5.74) is 0. The van der Waals surface area contributed by atoms with E-state index in [1.807, 2.05) is 54.3 Å². The van der Waals surface area contributed by atoms with Crippen LogP contribution in [0.3, 0.4) is 0 Å². The van der Waals surface area contributed by atoms with Crippen LogP contribution in [0, 0.1) is 0 Å². The van der Waals surface area contributed by atoms with Crippen LogP contribution in [0.4, 0.5) is 0 Å². The maximum Gasteiger partial charge on any atom is 0.167 e. The summed E-state index contributed by atoms with van der Waals surface area (Å²) in [4.78, 5) is 4.28. The molecule has 1 aromatic carbocycles. The molecule has 1 heterocycles. The van der Waals surface area contributed by atoms with Gasteiger partial charge in [0, 0.05) is 25.2 Å². The van der Waals surface area contributed by atoms with Crippen LogP contribution in [0.5, 0.6) is 5.75 Å². The summed E-state index contributed by atoms with van der Waals surface area (Å²) in [6.07, 6.45) is 6.03. The van der Waals surface area contributed by atoms with Gasteiger partial charge in [-0.1, -0.05) is 30.0 Å². The number of unbranched alkanes of at least 4 members (excludes halogenated alkanes) is 1. The fraction of sp³-hybridized carbons (Fsp3) is 0.357. The van der Waals surface area contributed by atoms with Crippen LogP contribution >= 0.6 is 28.7 Å². The Morgan fingerprint density at radius 1 is 1.21 bits per heavy atom. The van der Waals surface area contributed by atoms with Crippen molar-refractivity contribution in [3.05, 3.63) is 42.7 Å². The largest absolute Gasteiger partial charge is 0.494 e. The number of hydrogen-bond acceptors (Lipinski definition) is 3. The predicted molar refractivity (Wildman–Crippen MR) is 85.4 cm³/mol. The van der Waals surface area contributed by atoms with Gasteiger partial charge in [0.25, 0.3) is 0 Å². The van der Waals surface area contributed by atoms with Crippen molar-refractivity contribution in [1.82, 2.24) is 9.55 Å². The van der Waals surface area contributed by atoms with Crippen LogP contribution < -0.4 is 4.74 Å². The zero-order valence-corrected chi connectivity index (χ0v) is 13.5. The van der Waals surface area contributed by atoms with Crippen molar-refractivity contribution in [1.29, 1.82) is 0 Å². The van der Waals surface area contributed by atoms with E-state index in [1.165, 1.54) is 0 Å². The van der Waals surface area contributed by atoms with Gasteiger partial charge in [-0.15, -0.1) is 17.0 Å². The van der Waals surface area contributed by atoms with Gasteiger partial charge in [0.2, 0.25) is 0 Å². The maximum absolute atomic E-state index is 5.64. The normalized spacial score (nSPS) is 9.95. The van der Waals surface area contributed by atoms with Gasteiger partial charge < -0.3 is 9.30 Å². The Hall–Kier alpha value is -0.940. The molecule has 0 atom stereocenters. The van der Waals surface area contributed by atoms with E-state index in [9.17, 15) is 0 Å². The molecule has 0 fully saturated rings. The minimum atomic E-state index is 0. The third-order valence-corrected chi connectivity index (χ3v) is 3.70. The number of benzene rings is 1. The number of nitrogens with zero attached hydrogens (tertiary/aromatic N) is 2. The molecule has 2 aromatic rings.